The van der Waals surface area contributed by atoms with Gasteiger partial charge in [-0.05, 0) is 38.3 Å². The third-order valence-corrected chi connectivity index (χ3v) is 4.51. The summed E-state index contributed by atoms with van der Waals surface area (Å²) in [4.78, 5) is 12.6. The molecule has 1 fully saturated rings. The van der Waals surface area contributed by atoms with Crippen molar-refractivity contribution in [3.8, 4) is 0 Å². The average Bonchev–Trinajstić information content (AvgIpc) is 2.37. The molecule has 0 atom stereocenters. The number of nitrogens with one attached hydrogen (secondary N) is 1. The van der Waals surface area contributed by atoms with E-state index in [0.29, 0.717) is 11.7 Å². The lowest BCUT2D eigenvalue weighted by atomic mass is 9.70. The standard InChI is InChI=1S/C15H29NO/c1-4-7-15(8-10-16-11-9-15)14(17)12-13(5-2)6-3/h13,16H,4-12H2,1-3H3. The lowest BCUT2D eigenvalue weighted by molar-refractivity contribution is -0.131. The van der Waals surface area contributed by atoms with E-state index in [4.69, 9.17) is 0 Å². The summed E-state index contributed by atoms with van der Waals surface area (Å²) >= 11 is 0. The first-order chi connectivity index (χ1) is 8.18. The molecule has 0 aromatic rings. The Hall–Kier alpha value is -0.370. The van der Waals surface area contributed by atoms with E-state index in [2.05, 4.69) is 26.1 Å². The molecule has 0 spiro atoms. The van der Waals surface area contributed by atoms with Gasteiger partial charge < -0.3 is 5.32 Å². The smallest absolute Gasteiger partial charge is 0.139 e. The second-order valence-electron chi connectivity index (χ2n) is 5.59. The molecule has 2 nitrogen and oxygen atoms in total. The first-order valence-electron chi connectivity index (χ1n) is 7.42. The molecule has 0 radical (unpaired) electrons. The molecule has 1 saturated heterocycles. The molecule has 17 heavy (non-hydrogen) atoms. The molecule has 1 heterocycles. The van der Waals surface area contributed by atoms with Gasteiger partial charge in [-0.1, -0.05) is 40.0 Å². The second kappa shape index (κ2) is 7.15. The van der Waals surface area contributed by atoms with Crippen LogP contribution in [0.1, 0.15) is 65.7 Å². The number of hydrogen-bond donors (Lipinski definition) is 1. The summed E-state index contributed by atoms with van der Waals surface area (Å²) in [6.45, 7) is 8.66. The molecule has 0 aromatic carbocycles. The van der Waals surface area contributed by atoms with Gasteiger partial charge >= 0.3 is 0 Å². The van der Waals surface area contributed by atoms with Gasteiger partial charge in [0.25, 0.3) is 0 Å². The zero-order valence-electron chi connectivity index (χ0n) is 11.8. The van der Waals surface area contributed by atoms with Crippen molar-refractivity contribution in [1.82, 2.24) is 5.32 Å². The Morgan fingerprint density at radius 2 is 1.76 bits per heavy atom. The largest absolute Gasteiger partial charge is 0.317 e. The summed E-state index contributed by atoms with van der Waals surface area (Å²) in [6, 6.07) is 0. The first kappa shape index (κ1) is 14.7. The average molecular weight is 239 g/mol. The fourth-order valence-electron chi connectivity index (χ4n) is 3.11. The van der Waals surface area contributed by atoms with Crippen LogP contribution < -0.4 is 5.32 Å². The molecule has 0 aromatic heterocycles. The topological polar surface area (TPSA) is 29.1 Å². The summed E-state index contributed by atoms with van der Waals surface area (Å²) in [5.41, 5.74) is 0.0165. The normalized spacial score (nSPS) is 19.5. The second-order valence-corrected chi connectivity index (χ2v) is 5.59. The van der Waals surface area contributed by atoms with Crippen LogP contribution in [0.2, 0.25) is 0 Å². The van der Waals surface area contributed by atoms with Crippen LogP contribution in [-0.4, -0.2) is 18.9 Å². The number of hydrogen-bond acceptors (Lipinski definition) is 2. The Morgan fingerprint density at radius 3 is 2.24 bits per heavy atom. The number of Topliss-reactive ketones (excluding diaryl/α,β-unsaturated/α-hetero) is 1. The SMILES string of the molecule is CCCC1(C(=O)CC(CC)CC)CCNCC1. The van der Waals surface area contributed by atoms with Gasteiger partial charge in [-0.3, -0.25) is 4.79 Å². The molecule has 100 valence electrons. The molecule has 0 unspecified atom stereocenters. The van der Waals surface area contributed by atoms with E-state index in [-0.39, 0.29) is 5.41 Å². The Labute approximate surface area is 107 Å². The minimum Gasteiger partial charge on any atom is -0.317 e. The molecule has 1 aliphatic heterocycles. The van der Waals surface area contributed by atoms with Gasteiger partial charge in [0, 0.05) is 11.8 Å². The predicted octanol–water partition coefficient (Wildman–Crippen LogP) is 3.55. The maximum absolute atomic E-state index is 12.6. The number of ketones is 1. The minimum atomic E-state index is 0.0165. The molecular weight excluding hydrogens is 210 g/mol. The summed E-state index contributed by atoms with van der Waals surface area (Å²) in [7, 11) is 0. The number of carbonyl (C=O) groups is 1. The van der Waals surface area contributed by atoms with Gasteiger partial charge in [-0.25, -0.2) is 0 Å². The summed E-state index contributed by atoms with van der Waals surface area (Å²) in [5.74, 6) is 1.15. The van der Waals surface area contributed by atoms with Crippen LogP contribution in [-0.2, 0) is 4.79 Å². The molecule has 0 saturated carbocycles. The van der Waals surface area contributed by atoms with Crippen molar-refractivity contribution >= 4 is 5.78 Å². The van der Waals surface area contributed by atoms with Crippen LogP contribution >= 0.6 is 0 Å². The highest BCUT2D eigenvalue weighted by molar-refractivity contribution is 5.85. The van der Waals surface area contributed by atoms with E-state index in [1.165, 1.54) is 0 Å². The third-order valence-electron chi connectivity index (χ3n) is 4.51. The van der Waals surface area contributed by atoms with Gasteiger partial charge in [0.05, 0.1) is 0 Å². The third kappa shape index (κ3) is 3.80. The lowest BCUT2D eigenvalue weighted by Gasteiger charge is -2.37. The number of rotatable bonds is 7. The van der Waals surface area contributed by atoms with Gasteiger partial charge in [0.2, 0.25) is 0 Å². The number of carbonyl (C=O) groups excluding carboxylic acids is 1. The predicted molar refractivity (Wildman–Crippen MR) is 73.1 cm³/mol. The van der Waals surface area contributed by atoms with Crippen molar-refractivity contribution in [2.45, 2.75) is 65.7 Å². The fraction of sp³-hybridized carbons (Fsp3) is 0.933. The van der Waals surface area contributed by atoms with Gasteiger partial charge in [0.15, 0.2) is 0 Å². The van der Waals surface area contributed by atoms with Crippen molar-refractivity contribution < 1.29 is 4.79 Å². The van der Waals surface area contributed by atoms with Crippen LogP contribution in [0, 0.1) is 11.3 Å². The van der Waals surface area contributed by atoms with Crippen molar-refractivity contribution in [3.63, 3.8) is 0 Å². The maximum atomic E-state index is 12.6. The van der Waals surface area contributed by atoms with E-state index in [1.807, 2.05) is 0 Å². The van der Waals surface area contributed by atoms with E-state index < -0.39 is 0 Å². The monoisotopic (exact) mass is 239 g/mol. The maximum Gasteiger partial charge on any atom is 0.139 e. The van der Waals surface area contributed by atoms with Crippen LogP contribution in [0.3, 0.4) is 0 Å². The van der Waals surface area contributed by atoms with Crippen molar-refractivity contribution in [2.24, 2.45) is 11.3 Å². The fourth-order valence-corrected chi connectivity index (χ4v) is 3.11. The van der Waals surface area contributed by atoms with Crippen LogP contribution in [0.15, 0.2) is 0 Å². The van der Waals surface area contributed by atoms with Crippen LogP contribution in [0.5, 0.6) is 0 Å². The Bertz CT molecular complexity index is 222. The Morgan fingerprint density at radius 1 is 1.18 bits per heavy atom. The van der Waals surface area contributed by atoms with Crippen molar-refractivity contribution in [1.29, 1.82) is 0 Å². The minimum absolute atomic E-state index is 0.0165. The Kier molecular flexibility index (Phi) is 6.18. The van der Waals surface area contributed by atoms with Gasteiger partial charge in [-0.15, -0.1) is 0 Å². The van der Waals surface area contributed by atoms with Gasteiger partial charge in [-0.2, -0.15) is 0 Å². The first-order valence-corrected chi connectivity index (χ1v) is 7.42. The molecular formula is C15H29NO. The number of piperidine rings is 1. The summed E-state index contributed by atoms with van der Waals surface area (Å²) in [6.07, 6.45) is 7.43. The van der Waals surface area contributed by atoms with E-state index >= 15 is 0 Å². The zero-order chi connectivity index (χ0) is 12.7. The lowest BCUT2D eigenvalue weighted by Crippen LogP contribution is -2.42. The van der Waals surface area contributed by atoms with Crippen molar-refractivity contribution in [3.05, 3.63) is 0 Å². The molecule has 0 amide bonds. The Balaban J connectivity index is 2.65. The zero-order valence-corrected chi connectivity index (χ0v) is 11.8. The molecule has 0 aliphatic carbocycles. The van der Waals surface area contributed by atoms with E-state index in [0.717, 1.165) is 58.0 Å². The quantitative estimate of drug-likeness (QED) is 0.736. The van der Waals surface area contributed by atoms with E-state index in [1.54, 1.807) is 0 Å². The van der Waals surface area contributed by atoms with Crippen molar-refractivity contribution in [2.75, 3.05) is 13.1 Å². The highest BCUT2D eigenvalue weighted by atomic mass is 16.1. The summed E-state index contributed by atoms with van der Waals surface area (Å²) < 4.78 is 0. The molecule has 1 rings (SSSR count). The van der Waals surface area contributed by atoms with E-state index in [9.17, 15) is 4.79 Å². The molecule has 2 heteroatoms. The van der Waals surface area contributed by atoms with Crippen LogP contribution in [0.4, 0.5) is 0 Å². The van der Waals surface area contributed by atoms with Gasteiger partial charge in [0.1, 0.15) is 5.78 Å². The molecule has 0 bridgehead atoms. The molecule has 1 aliphatic rings. The highest BCUT2D eigenvalue weighted by Gasteiger charge is 2.38. The summed E-state index contributed by atoms with van der Waals surface area (Å²) in [5, 5.41) is 3.38. The highest BCUT2D eigenvalue weighted by Crippen LogP contribution is 2.37. The van der Waals surface area contributed by atoms with Crippen LogP contribution in [0.25, 0.3) is 0 Å². The molecule has 1 N–H and O–H groups in total.